The van der Waals surface area contributed by atoms with Crippen molar-refractivity contribution in [1.82, 2.24) is 10.2 Å². The average molecular weight is 228 g/mol. The number of hydrogen-bond donors (Lipinski definition) is 1. The van der Waals surface area contributed by atoms with Gasteiger partial charge in [0.2, 0.25) is 0 Å². The van der Waals surface area contributed by atoms with E-state index >= 15 is 0 Å². The lowest BCUT2D eigenvalue weighted by atomic mass is 9.98. The minimum absolute atomic E-state index is 0.631. The molecule has 3 heteroatoms. The van der Waals surface area contributed by atoms with Crippen LogP contribution >= 0.6 is 0 Å². The summed E-state index contributed by atoms with van der Waals surface area (Å²) in [4.78, 5) is 2.50. The molecule has 0 bridgehead atoms. The van der Waals surface area contributed by atoms with Crippen LogP contribution in [0.15, 0.2) is 0 Å². The van der Waals surface area contributed by atoms with Gasteiger partial charge >= 0.3 is 0 Å². The van der Waals surface area contributed by atoms with E-state index in [0.717, 1.165) is 25.7 Å². The molecule has 0 aromatic heterocycles. The van der Waals surface area contributed by atoms with Gasteiger partial charge in [0.15, 0.2) is 0 Å². The second kappa shape index (κ2) is 7.25. The Hall–Kier alpha value is -0.120. The normalized spacial score (nSPS) is 24.0. The maximum atomic E-state index is 5.54. The first-order valence-corrected chi connectivity index (χ1v) is 6.57. The van der Waals surface area contributed by atoms with E-state index in [1.807, 2.05) is 7.05 Å². The van der Waals surface area contributed by atoms with Gasteiger partial charge in [0.25, 0.3) is 0 Å². The molecule has 0 aliphatic carbocycles. The molecule has 0 amide bonds. The molecule has 1 heterocycles. The highest BCUT2D eigenvalue weighted by Crippen LogP contribution is 2.17. The highest BCUT2D eigenvalue weighted by atomic mass is 16.5. The molecular formula is C13H28N2O. The van der Waals surface area contributed by atoms with Crippen molar-refractivity contribution < 1.29 is 4.74 Å². The third-order valence-corrected chi connectivity index (χ3v) is 3.55. The fourth-order valence-corrected chi connectivity index (χ4v) is 2.60. The summed E-state index contributed by atoms with van der Waals surface area (Å²) in [5.41, 5.74) is 0. The second-order valence-corrected chi connectivity index (χ2v) is 5.39. The Kier molecular flexibility index (Phi) is 6.32. The number of nitrogens with zero attached hydrogens (tertiary/aromatic N) is 1. The molecule has 2 unspecified atom stereocenters. The molecule has 1 aliphatic heterocycles. The standard InChI is InChI=1S/C13H28N2O/c1-11(2)13(8-14-3)15(4)9-12-6-5-7-16-10-12/h11-14H,5-10H2,1-4H3. The Labute approximate surface area is 101 Å². The van der Waals surface area contributed by atoms with Crippen LogP contribution in [0.5, 0.6) is 0 Å². The number of ether oxygens (including phenoxy) is 1. The summed E-state index contributed by atoms with van der Waals surface area (Å²) in [6.45, 7) is 8.76. The molecule has 16 heavy (non-hydrogen) atoms. The summed E-state index contributed by atoms with van der Waals surface area (Å²) in [6.07, 6.45) is 2.56. The van der Waals surface area contributed by atoms with E-state index in [4.69, 9.17) is 4.74 Å². The van der Waals surface area contributed by atoms with E-state index in [9.17, 15) is 0 Å². The van der Waals surface area contributed by atoms with Gasteiger partial charge < -0.3 is 15.0 Å². The van der Waals surface area contributed by atoms with E-state index in [-0.39, 0.29) is 0 Å². The molecule has 0 spiro atoms. The monoisotopic (exact) mass is 228 g/mol. The van der Waals surface area contributed by atoms with Crippen molar-refractivity contribution in [3.8, 4) is 0 Å². The molecule has 2 atom stereocenters. The minimum Gasteiger partial charge on any atom is -0.381 e. The van der Waals surface area contributed by atoms with Crippen LogP contribution in [0.2, 0.25) is 0 Å². The number of rotatable bonds is 6. The van der Waals surface area contributed by atoms with Gasteiger partial charge in [0.1, 0.15) is 0 Å². The van der Waals surface area contributed by atoms with E-state index in [2.05, 4.69) is 31.1 Å². The Morgan fingerprint density at radius 2 is 2.19 bits per heavy atom. The lowest BCUT2D eigenvalue weighted by molar-refractivity contribution is 0.0325. The molecule has 1 N–H and O–H groups in total. The molecule has 1 aliphatic rings. The van der Waals surface area contributed by atoms with Gasteiger partial charge in [-0.2, -0.15) is 0 Å². The molecule has 0 aromatic carbocycles. The zero-order chi connectivity index (χ0) is 12.0. The molecule has 1 fully saturated rings. The average Bonchev–Trinajstić information content (AvgIpc) is 2.26. The number of hydrogen-bond acceptors (Lipinski definition) is 3. The highest BCUT2D eigenvalue weighted by molar-refractivity contribution is 4.77. The van der Waals surface area contributed by atoms with Crippen LogP contribution in [0, 0.1) is 11.8 Å². The highest BCUT2D eigenvalue weighted by Gasteiger charge is 2.22. The summed E-state index contributed by atoms with van der Waals surface area (Å²) in [6, 6.07) is 0.631. The predicted octanol–water partition coefficient (Wildman–Crippen LogP) is 1.59. The van der Waals surface area contributed by atoms with Crippen LogP contribution in [-0.4, -0.2) is 51.3 Å². The lowest BCUT2D eigenvalue weighted by Crippen LogP contribution is -2.45. The first-order valence-electron chi connectivity index (χ1n) is 6.57. The number of nitrogens with one attached hydrogen (secondary N) is 1. The Balaban J connectivity index is 2.37. The van der Waals surface area contributed by atoms with Gasteiger partial charge in [-0.25, -0.2) is 0 Å². The first kappa shape index (κ1) is 13.9. The largest absolute Gasteiger partial charge is 0.381 e. The van der Waals surface area contributed by atoms with Crippen molar-refractivity contribution >= 4 is 0 Å². The Morgan fingerprint density at radius 1 is 1.44 bits per heavy atom. The van der Waals surface area contributed by atoms with E-state index in [1.54, 1.807) is 0 Å². The summed E-state index contributed by atoms with van der Waals surface area (Å²) < 4.78 is 5.54. The lowest BCUT2D eigenvalue weighted by Gasteiger charge is -2.35. The van der Waals surface area contributed by atoms with Gasteiger partial charge in [0.05, 0.1) is 6.61 Å². The Bertz CT molecular complexity index is 179. The van der Waals surface area contributed by atoms with Gasteiger partial charge in [0, 0.05) is 25.7 Å². The zero-order valence-corrected chi connectivity index (χ0v) is 11.3. The van der Waals surface area contributed by atoms with Crippen LogP contribution in [0.25, 0.3) is 0 Å². The Morgan fingerprint density at radius 3 is 2.69 bits per heavy atom. The fourth-order valence-electron chi connectivity index (χ4n) is 2.60. The maximum Gasteiger partial charge on any atom is 0.0506 e. The van der Waals surface area contributed by atoms with Crippen LogP contribution in [0.3, 0.4) is 0 Å². The molecule has 96 valence electrons. The van der Waals surface area contributed by atoms with Crippen LogP contribution in [0.4, 0.5) is 0 Å². The fraction of sp³-hybridized carbons (Fsp3) is 1.00. The zero-order valence-electron chi connectivity index (χ0n) is 11.3. The smallest absolute Gasteiger partial charge is 0.0506 e. The minimum atomic E-state index is 0.631. The molecular weight excluding hydrogens is 200 g/mol. The van der Waals surface area contributed by atoms with Crippen LogP contribution < -0.4 is 5.32 Å². The van der Waals surface area contributed by atoms with E-state index in [0.29, 0.717) is 12.0 Å². The first-order chi connectivity index (χ1) is 7.65. The topological polar surface area (TPSA) is 24.5 Å². The van der Waals surface area contributed by atoms with Crippen molar-refractivity contribution in [3.05, 3.63) is 0 Å². The summed E-state index contributed by atoms with van der Waals surface area (Å²) in [5, 5.41) is 3.29. The molecule has 0 aromatic rings. The molecule has 0 radical (unpaired) electrons. The molecule has 1 rings (SSSR count). The van der Waals surface area contributed by atoms with Crippen LogP contribution in [-0.2, 0) is 4.74 Å². The van der Waals surface area contributed by atoms with Crippen molar-refractivity contribution in [3.63, 3.8) is 0 Å². The van der Waals surface area contributed by atoms with Crippen molar-refractivity contribution in [2.45, 2.75) is 32.7 Å². The van der Waals surface area contributed by atoms with Gasteiger partial charge in [-0.1, -0.05) is 13.8 Å². The maximum absolute atomic E-state index is 5.54. The van der Waals surface area contributed by atoms with E-state index in [1.165, 1.54) is 19.4 Å². The van der Waals surface area contributed by atoms with Gasteiger partial charge in [-0.3, -0.25) is 0 Å². The predicted molar refractivity (Wildman–Crippen MR) is 68.7 cm³/mol. The van der Waals surface area contributed by atoms with Crippen molar-refractivity contribution in [2.24, 2.45) is 11.8 Å². The third-order valence-electron chi connectivity index (χ3n) is 3.55. The summed E-state index contributed by atoms with van der Waals surface area (Å²) in [5.74, 6) is 1.43. The third kappa shape index (κ3) is 4.40. The molecule has 0 saturated carbocycles. The molecule has 1 saturated heterocycles. The number of likely N-dealkylation sites (N-methyl/N-ethyl adjacent to an activating group) is 2. The summed E-state index contributed by atoms with van der Waals surface area (Å²) >= 11 is 0. The van der Waals surface area contributed by atoms with Crippen molar-refractivity contribution in [2.75, 3.05) is 40.4 Å². The molecule has 3 nitrogen and oxygen atoms in total. The second-order valence-electron chi connectivity index (χ2n) is 5.39. The van der Waals surface area contributed by atoms with Gasteiger partial charge in [-0.05, 0) is 38.8 Å². The van der Waals surface area contributed by atoms with Gasteiger partial charge in [-0.15, -0.1) is 0 Å². The SMILES string of the molecule is CNCC(C(C)C)N(C)CC1CCCOC1. The quantitative estimate of drug-likeness (QED) is 0.747. The van der Waals surface area contributed by atoms with Crippen molar-refractivity contribution in [1.29, 1.82) is 0 Å². The van der Waals surface area contributed by atoms with E-state index < -0.39 is 0 Å². The summed E-state index contributed by atoms with van der Waals surface area (Å²) in [7, 11) is 4.28. The van der Waals surface area contributed by atoms with Crippen LogP contribution in [0.1, 0.15) is 26.7 Å².